The van der Waals surface area contributed by atoms with E-state index < -0.39 is 10.7 Å². The van der Waals surface area contributed by atoms with Crippen molar-refractivity contribution in [3.63, 3.8) is 0 Å². The number of fused-ring (bicyclic) bond motifs is 1. The second-order valence-corrected chi connectivity index (χ2v) is 4.12. The fraction of sp³-hybridized carbons (Fsp3) is 0. The maximum atomic E-state index is 12.2. The van der Waals surface area contributed by atoms with E-state index in [2.05, 4.69) is 4.98 Å². The monoisotopic (exact) mass is 268 g/mol. The molecule has 0 amide bonds. The summed E-state index contributed by atoms with van der Waals surface area (Å²) < 4.78 is 5.37. The summed E-state index contributed by atoms with van der Waals surface area (Å²) in [7, 11) is 0. The number of hydrogen-bond acceptors (Lipinski definition) is 5. The fourth-order valence-electron chi connectivity index (χ4n) is 1.83. The number of carbonyl (C=O) groups is 1. The second kappa shape index (κ2) is 4.58. The van der Waals surface area contributed by atoms with Crippen molar-refractivity contribution in [2.75, 3.05) is 0 Å². The van der Waals surface area contributed by atoms with E-state index in [1.165, 1.54) is 24.3 Å². The lowest BCUT2D eigenvalue weighted by Gasteiger charge is -1.96. The molecule has 0 radical (unpaired) electrons. The minimum atomic E-state index is -0.520. The number of benzene rings is 2. The number of para-hydroxylation sites is 2. The Kier molecular flexibility index (Phi) is 2.76. The van der Waals surface area contributed by atoms with Crippen LogP contribution in [0, 0.1) is 10.1 Å². The number of nitro benzene ring substituents is 1. The predicted molar refractivity (Wildman–Crippen MR) is 70.5 cm³/mol. The second-order valence-electron chi connectivity index (χ2n) is 4.12. The molecule has 98 valence electrons. The summed E-state index contributed by atoms with van der Waals surface area (Å²) >= 11 is 0. The zero-order valence-corrected chi connectivity index (χ0v) is 10.1. The van der Waals surface area contributed by atoms with Crippen molar-refractivity contribution in [1.82, 2.24) is 4.98 Å². The minimum Gasteiger partial charge on any atom is -0.433 e. The van der Waals surface area contributed by atoms with Crippen LogP contribution < -0.4 is 0 Å². The number of carbonyl (C=O) groups excluding carboxylic acids is 1. The minimum absolute atomic E-state index is 0.0277. The first kappa shape index (κ1) is 12.0. The molecule has 0 unspecified atom stereocenters. The molecule has 0 bridgehead atoms. The summed E-state index contributed by atoms with van der Waals surface area (Å²) in [6.07, 6.45) is 0. The van der Waals surface area contributed by atoms with Crippen LogP contribution in [0.1, 0.15) is 16.2 Å². The average molecular weight is 268 g/mol. The maximum absolute atomic E-state index is 12.2. The lowest BCUT2D eigenvalue weighted by molar-refractivity contribution is -0.384. The zero-order valence-electron chi connectivity index (χ0n) is 10.1. The van der Waals surface area contributed by atoms with Gasteiger partial charge in [-0.15, -0.1) is 0 Å². The van der Waals surface area contributed by atoms with E-state index in [9.17, 15) is 14.9 Å². The lowest BCUT2D eigenvalue weighted by atomic mass is 10.1. The molecule has 0 fully saturated rings. The molecule has 1 heterocycles. The lowest BCUT2D eigenvalue weighted by Crippen LogP contribution is -2.01. The van der Waals surface area contributed by atoms with Crippen LogP contribution in [-0.4, -0.2) is 15.7 Å². The van der Waals surface area contributed by atoms with Gasteiger partial charge in [-0.25, -0.2) is 4.98 Å². The van der Waals surface area contributed by atoms with Gasteiger partial charge in [0.15, 0.2) is 5.58 Å². The van der Waals surface area contributed by atoms with Gasteiger partial charge in [0.05, 0.1) is 4.92 Å². The Morgan fingerprint density at radius 3 is 2.45 bits per heavy atom. The highest BCUT2D eigenvalue weighted by Crippen LogP contribution is 2.19. The molecular weight excluding hydrogens is 260 g/mol. The van der Waals surface area contributed by atoms with Crippen molar-refractivity contribution in [2.24, 2.45) is 0 Å². The third-order valence-corrected chi connectivity index (χ3v) is 2.83. The number of nitro groups is 1. The Labute approximate surface area is 112 Å². The summed E-state index contributed by atoms with van der Waals surface area (Å²) in [6.45, 7) is 0. The number of oxazole rings is 1. The molecule has 20 heavy (non-hydrogen) atoms. The summed E-state index contributed by atoms with van der Waals surface area (Å²) in [4.78, 5) is 26.3. The standard InChI is InChI=1S/C14H8N2O4/c17-13(9-5-7-10(8-6-9)16(18)19)14-15-11-3-1-2-4-12(11)20-14/h1-8H. The molecule has 0 spiro atoms. The van der Waals surface area contributed by atoms with Crippen molar-refractivity contribution in [3.8, 4) is 0 Å². The van der Waals surface area contributed by atoms with Crippen LogP contribution in [0.5, 0.6) is 0 Å². The molecule has 3 aromatic rings. The van der Waals surface area contributed by atoms with Crippen LogP contribution in [0.2, 0.25) is 0 Å². The molecule has 0 aliphatic rings. The van der Waals surface area contributed by atoms with Gasteiger partial charge >= 0.3 is 0 Å². The first-order valence-corrected chi connectivity index (χ1v) is 5.80. The molecule has 0 aliphatic carbocycles. The molecule has 0 aliphatic heterocycles. The Bertz CT molecular complexity index is 772. The topological polar surface area (TPSA) is 86.2 Å². The molecule has 6 nitrogen and oxygen atoms in total. The molecule has 1 aromatic heterocycles. The summed E-state index contributed by atoms with van der Waals surface area (Å²) in [6, 6.07) is 12.4. The van der Waals surface area contributed by atoms with Crippen molar-refractivity contribution in [2.45, 2.75) is 0 Å². The largest absolute Gasteiger partial charge is 0.433 e. The van der Waals surface area contributed by atoms with Crippen LogP contribution in [0.25, 0.3) is 11.1 Å². The highest BCUT2D eigenvalue weighted by atomic mass is 16.6. The number of hydrogen-bond donors (Lipinski definition) is 0. The summed E-state index contributed by atoms with van der Waals surface area (Å²) in [5.74, 6) is -0.434. The van der Waals surface area contributed by atoms with Crippen LogP contribution >= 0.6 is 0 Å². The van der Waals surface area contributed by atoms with E-state index in [0.717, 1.165) is 0 Å². The highest BCUT2D eigenvalue weighted by molar-refractivity contribution is 6.07. The molecule has 2 aromatic carbocycles. The van der Waals surface area contributed by atoms with E-state index in [0.29, 0.717) is 16.7 Å². The van der Waals surface area contributed by atoms with Crippen LogP contribution in [-0.2, 0) is 0 Å². The number of aromatic nitrogens is 1. The normalized spacial score (nSPS) is 10.6. The van der Waals surface area contributed by atoms with Crippen LogP contribution in [0.4, 0.5) is 5.69 Å². The first-order valence-electron chi connectivity index (χ1n) is 5.80. The third-order valence-electron chi connectivity index (χ3n) is 2.83. The van der Waals surface area contributed by atoms with Gasteiger partial charge in [0, 0.05) is 17.7 Å². The van der Waals surface area contributed by atoms with Crippen LogP contribution in [0.15, 0.2) is 52.9 Å². The van der Waals surface area contributed by atoms with E-state index in [4.69, 9.17) is 4.42 Å². The van der Waals surface area contributed by atoms with Gasteiger partial charge < -0.3 is 4.42 Å². The molecule has 0 saturated carbocycles. The molecule has 0 atom stereocenters. The molecule has 3 rings (SSSR count). The SMILES string of the molecule is O=C(c1ccc([N+](=O)[O-])cc1)c1nc2ccccc2o1. The Balaban J connectivity index is 1.97. The Morgan fingerprint density at radius 1 is 1.10 bits per heavy atom. The quantitative estimate of drug-likeness (QED) is 0.414. The van der Waals surface area contributed by atoms with Crippen molar-refractivity contribution >= 4 is 22.6 Å². The predicted octanol–water partition coefficient (Wildman–Crippen LogP) is 2.97. The molecule has 6 heteroatoms. The van der Waals surface area contributed by atoms with E-state index in [1.54, 1.807) is 24.3 Å². The van der Waals surface area contributed by atoms with Crippen molar-refractivity contribution < 1.29 is 14.1 Å². The number of rotatable bonds is 3. The summed E-state index contributed by atoms with van der Waals surface area (Å²) in [5.41, 5.74) is 1.34. The van der Waals surface area contributed by atoms with Gasteiger partial charge in [-0.2, -0.15) is 0 Å². The van der Waals surface area contributed by atoms with Gasteiger partial charge in [0.1, 0.15) is 5.52 Å². The van der Waals surface area contributed by atoms with Gasteiger partial charge in [-0.3, -0.25) is 14.9 Å². The smallest absolute Gasteiger partial charge is 0.269 e. The first-order chi connectivity index (χ1) is 9.65. The van der Waals surface area contributed by atoms with Crippen LogP contribution in [0.3, 0.4) is 0 Å². The Hall–Kier alpha value is -3.02. The number of nitrogens with zero attached hydrogens (tertiary/aromatic N) is 2. The van der Waals surface area contributed by atoms with Gasteiger partial charge in [-0.05, 0) is 24.3 Å². The molecule has 0 saturated heterocycles. The number of non-ortho nitro benzene ring substituents is 1. The van der Waals surface area contributed by atoms with Gasteiger partial charge in [-0.1, -0.05) is 12.1 Å². The van der Waals surface area contributed by atoms with Crippen molar-refractivity contribution in [3.05, 3.63) is 70.1 Å². The maximum Gasteiger partial charge on any atom is 0.269 e. The Morgan fingerprint density at radius 2 is 1.80 bits per heavy atom. The zero-order chi connectivity index (χ0) is 14.1. The molecule has 0 N–H and O–H groups in total. The molecular formula is C14H8N2O4. The highest BCUT2D eigenvalue weighted by Gasteiger charge is 2.17. The third kappa shape index (κ3) is 2.03. The van der Waals surface area contributed by atoms with E-state index in [1.807, 2.05) is 0 Å². The number of ketones is 1. The van der Waals surface area contributed by atoms with E-state index >= 15 is 0 Å². The van der Waals surface area contributed by atoms with Gasteiger partial charge in [0.2, 0.25) is 5.78 Å². The van der Waals surface area contributed by atoms with Crippen molar-refractivity contribution in [1.29, 1.82) is 0 Å². The van der Waals surface area contributed by atoms with E-state index in [-0.39, 0.29) is 11.6 Å². The summed E-state index contributed by atoms with van der Waals surface area (Å²) in [5, 5.41) is 10.6. The van der Waals surface area contributed by atoms with Gasteiger partial charge in [0.25, 0.3) is 11.6 Å². The fourth-order valence-corrected chi connectivity index (χ4v) is 1.83. The average Bonchev–Trinajstić information content (AvgIpc) is 2.90.